The standard InChI is InChI=1S/C18H14.C12H10.C6H6/c1-3-7-15(8-4-1)17-11-13-18(14-12-17)16-9-5-2-6-10-16;1-3-7-11(8-4-1)12-9-5-2-6-10-12;1-2-4-6-5-3-1/h1-14H;1-10H;1-6H. The second kappa shape index (κ2) is 13.9. The molecule has 0 aliphatic carbocycles. The van der Waals surface area contributed by atoms with Crippen LogP contribution < -0.4 is 0 Å². The molecule has 0 N–H and O–H groups in total. The minimum atomic E-state index is 1.26. The summed E-state index contributed by atoms with van der Waals surface area (Å²) in [4.78, 5) is 0. The van der Waals surface area contributed by atoms with Crippen LogP contribution in [-0.2, 0) is 0 Å². The molecule has 0 nitrogen and oxygen atoms in total. The topological polar surface area (TPSA) is 0 Å². The molecule has 0 aliphatic heterocycles. The molecule has 6 aromatic rings. The summed E-state index contributed by atoms with van der Waals surface area (Å²) in [5.41, 5.74) is 7.59. The van der Waals surface area contributed by atoms with Crippen molar-refractivity contribution in [1.82, 2.24) is 0 Å². The number of benzene rings is 6. The van der Waals surface area contributed by atoms with Gasteiger partial charge in [-0.2, -0.15) is 0 Å². The van der Waals surface area contributed by atoms with E-state index < -0.39 is 0 Å². The Morgan fingerprint density at radius 1 is 0.139 bits per heavy atom. The highest BCUT2D eigenvalue weighted by Gasteiger charge is 1.99. The average Bonchev–Trinajstić information content (AvgIpc) is 3.01. The summed E-state index contributed by atoms with van der Waals surface area (Å²) in [6, 6.07) is 62.4. The summed E-state index contributed by atoms with van der Waals surface area (Å²) in [5.74, 6) is 0. The van der Waals surface area contributed by atoms with E-state index in [0.29, 0.717) is 0 Å². The van der Waals surface area contributed by atoms with Gasteiger partial charge in [-0.15, -0.1) is 0 Å². The van der Waals surface area contributed by atoms with Crippen molar-refractivity contribution in [2.24, 2.45) is 0 Å². The molecule has 0 spiro atoms. The molecule has 0 heteroatoms. The highest BCUT2D eigenvalue weighted by atomic mass is 14.0. The lowest BCUT2D eigenvalue weighted by molar-refractivity contribution is 1.59. The summed E-state index contributed by atoms with van der Waals surface area (Å²) in [5, 5.41) is 0. The molecule has 0 aromatic heterocycles. The Morgan fingerprint density at radius 3 is 0.472 bits per heavy atom. The molecule has 0 atom stereocenters. The van der Waals surface area contributed by atoms with Crippen molar-refractivity contribution in [3.8, 4) is 33.4 Å². The minimum absolute atomic E-state index is 1.26. The zero-order chi connectivity index (χ0) is 24.7. The lowest BCUT2D eigenvalue weighted by Crippen LogP contribution is -1.79. The SMILES string of the molecule is c1ccc(-c2ccc(-c3ccccc3)cc2)cc1.c1ccc(-c2ccccc2)cc1.c1ccccc1. The fourth-order valence-electron chi connectivity index (χ4n) is 3.76. The highest BCUT2D eigenvalue weighted by molar-refractivity contribution is 5.70. The van der Waals surface area contributed by atoms with Crippen molar-refractivity contribution in [2.45, 2.75) is 0 Å². The van der Waals surface area contributed by atoms with Gasteiger partial charge in [-0.25, -0.2) is 0 Å². The molecule has 36 heavy (non-hydrogen) atoms. The maximum absolute atomic E-state index is 2.18. The molecule has 0 bridgehead atoms. The lowest BCUT2D eigenvalue weighted by Gasteiger charge is -2.04. The van der Waals surface area contributed by atoms with Crippen LogP contribution in [0.3, 0.4) is 0 Å². The van der Waals surface area contributed by atoms with Crippen LogP contribution in [0.2, 0.25) is 0 Å². The molecule has 0 amide bonds. The predicted octanol–water partition coefficient (Wildman–Crippen LogP) is 10.1. The Balaban J connectivity index is 0.000000145. The molecular weight excluding hydrogens is 432 g/mol. The first-order valence-corrected chi connectivity index (χ1v) is 12.2. The first-order valence-electron chi connectivity index (χ1n) is 12.2. The largest absolute Gasteiger partial charge is 0.0623 e. The molecule has 0 heterocycles. The summed E-state index contributed by atoms with van der Waals surface area (Å²) < 4.78 is 0. The molecule has 0 fully saturated rings. The van der Waals surface area contributed by atoms with E-state index in [1.54, 1.807) is 0 Å². The van der Waals surface area contributed by atoms with Crippen LogP contribution in [0.15, 0.2) is 182 Å². The minimum Gasteiger partial charge on any atom is -0.0623 e. The first-order chi connectivity index (χ1) is 17.9. The highest BCUT2D eigenvalue weighted by Crippen LogP contribution is 2.24. The molecule has 6 aromatic carbocycles. The predicted molar refractivity (Wildman–Crippen MR) is 156 cm³/mol. The van der Waals surface area contributed by atoms with Crippen molar-refractivity contribution in [2.75, 3.05) is 0 Å². The molecule has 174 valence electrons. The van der Waals surface area contributed by atoms with Crippen molar-refractivity contribution in [1.29, 1.82) is 0 Å². The van der Waals surface area contributed by atoms with Gasteiger partial charge in [0.05, 0.1) is 0 Å². The Kier molecular flexibility index (Phi) is 9.43. The van der Waals surface area contributed by atoms with Gasteiger partial charge in [0.1, 0.15) is 0 Å². The van der Waals surface area contributed by atoms with Gasteiger partial charge in [-0.1, -0.05) is 182 Å². The van der Waals surface area contributed by atoms with E-state index >= 15 is 0 Å². The Bertz CT molecular complexity index is 1240. The summed E-state index contributed by atoms with van der Waals surface area (Å²) in [6.45, 7) is 0. The van der Waals surface area contributed by atoms with E-state index in [4.69, 9.17) is 0 Å². The number of rotatable bonds is 3. The summed E-state index contributed by atoms with van der Waals surface area (Å²) in [6.07, 6.45) is 0. The normalized spacial score (nSPS) is 9.67. The van der Waals surface area contributed by atoms with Crippen LogP contribution in [0.5, 0.6) is 0 Å². The van der Waals surface area contributed by atoms with Gasteiger partial charge < -0.3 is 0 Å². The smallest absolute Gasteiger partial charge is 0.0184 e. The van der Waals surface area contributed by atoms with Crippen molar-refractivity contribution < 1.29 is 0 Å². The van der Waals surface area contributed by atoms with Crippen LogP contribution in [-0.4, -0.2) is 0 Å². The summed E-state index contributed by atoms with van der Waals surface area (Å²) >= 11 is 0. The van der Waals surface area contributed by atoms with Crippen LogP contribution in [0.25, 0.3) is 33.4 Å². The molecule has 0 saturated carbocycles. The van der Waals surface area contributed by atoms with E-state index in [1.165, 1.54) is 33.4 Å². The van der Waals surface area contributed by atoms with Crippen LogP contribution in [0, 0.1) is 0 Å². The molecule has 0 unspecified atom stereocenters. The maximum atomic E-state index is 2.18. The zero-order valence-corrected chi connectivity index (χ0v) is 20.3. The fraction of sp³-hybridized carbons (Fsp3) is 0. The van der Waals surface area contributed by atoms with Gasteiger partial charge in [0, 0.05) is 0 Å². The third kappa shape index (κ3) is 7.68. The fourth-order valence-corrected chi connectivity index (χ4v) is 3.76. The Labute approximate surface area is 215 Å². The van der Waals surface area contributed by atoms with E-state index in [-0.39, 0.29) is 0 Å². The second-order valence-electron chi connectivity index (χ2n) is 8.20. The molecule has 0 saturated heterocycles. The van der Waals surface area contributed by atoms with Crippen LogP contribution in [0.4, 0.5) is 0 Å². The van der Waals surface area contributed by atoms with Crippen LogP contribution >= 0.6 is 0 Å². The van der Waals surface area contributed by atoms with Gasteiger partial charge in [0.15, 0.2) is 0 Å². The van der Waals surface area contributed by atoms with E-state index in [2.05, 4.69) is 121 Å². The zero-order valence-electron chi connectivity index (χ0n) is 20.3. The lowest BCUT2D eigenvalue weighted by atomic mass is 10.0. The van der Waals surface area contributed by atoms with E-state index in [0.717, 1.165) is 0 Å². The van der Waals surface area contributed by atoms with Gasteiger partial charge >= 0.3 is 0 Å². The molecule has 6 rings (SSSR count). The van der Waals surface area contributed by atoms with Crippen molar-refractivity contribution in [3.05, 3.63) is 182 Å². The second-order valence-corrected chi connectivity index (χ2v) is 8.20. The third-order valence-electron chi connectivity index (χ3n) is 5.65. The first kappa shape index (κ1) is 24.4. The van der Waals surface area contributed by atoms with Crippen molar-refractivity contribution in [3.63, 3.8) is 0 Å². The number of hydrogen-bond donors (Lipinski definition) is 0. The van der Waals surface area contributed by atoms with Crippen molar-refractivity contribution >= 4 is 0 Å². The van der Waals surface area contributed by atoms with Gasteiger partial charge in [0.2, 0.25) is 0 Å². The average molecular weight is 463 g/mol. The number of hydrogen-bond acceptors (Lipinski definition) is 0. The maximum Gasteiger partial charge on any atom is -0.0184 e. The monoisotopic (exact) mass is 462 g/mol. The van der Waals surface area contributed by atoms with Gasteiger partial charge in [-0.05, 0) is 33.4 Å². The van der Waals surface area contributed by atoms with Gasteiger partial charge in [-0.3, -0.25) is 0 Å². The summed E-state index contributed by atoms with van der Waals surface area (Å²) in [7, 11) is 0. The molecule has 0 radical (unpaired) electrons. The third-order valence-corrected chi connectivity index (χ3v) is 5.65. The Morgan fingerprint density at radius 2 is 0.278 bits per heavy atom. The van der Waals surface area contributed by atoms with E-state index in [9.17, 15) is 0 Å². The molecule has 0 aliphatic rings. The molecular formula is C36H30. The van der Waals surface area contributed by atoms with Crippen LogP contribution in [0.1, 0.15) is 0 Å². The van der Waals surface area contributed by atoms with E-state index in [1.807, 2.05) is 60.7 Å². The quantitative estimate of drug-likeness (QED) is 0.245. The Hall–Kier alpha value is -4.68. The van der Waals surface area contributed by atoms with Gasteiger partial charge in [0.25, 0.3) is 0 Å².